The minimum absolute atomic E-state index is 0.107. The quantitative estimate of drug-likeness (QED) is 0.346. The maximum atomic E-state index is 11.7. The fraction of sp³-hybridized carbons (Fsp3) is 0.286. The fourth-order valence-corrected chi connectivity index (χ4v) is 1.36. The Morgan fingerprint density at radius 2 is 1.94 bits per heavy atom. The number of aryl methyl sites for hydroxylation is 2. The van der Waals surface area contributed by atoms with Gasteiger partial charge in [0.1, 0.15) is 0 Å². The molecule has 1 aromatic rings. The number of esters is 1. The zero-order valence-electron chi connectivity index (χ0n) is 10.6. The molecule has 0 aliphatic rings. The van der Waals surface area contributed by atoms with Gasteiger partial charge in [-0.15, -0.1) is 0 Å². The maximum Gasteiger partial charge on any atom is 0.378 e. The van der Waals surface area contributed by atoms with E-state index in [1.165, 1.54) is 0 Å². The third-order valence-corrected chi connectivity index (χ3v) is 2.53. The average Bonchev–Trinajstić information content (AvgIpc) is 2.32. The molecule has 0 saturated heterocycles. The molecule has 18 heavy (non-hydrogen) atoms. The van der Waals surface area contributed by atoms with Gasteiger partial charge in [0.2, 0.25) is 0 Å². The third-order valence-electron chi connectivity index (χ3n) is 2.53. The predicted molar refractivity (Wildman–Crippen MR) is 65.5 cm³/mol. The van der Waals surface area contributed by atoms with Crippen molar-refractivity contribution >= 4 is 17.5 Å². The van der Waals surface area contributed by atoms with Gasteiger partial charge in [-0.2, -0.15) is 0 Å². The zero-order chi connectivity index (χ0) is 13.7. The first-order valence-electron chi connectivity index (χ1n) is 5.63. The number of hydrogen-bond donors (Lipinski definition) is 0. The van der Waals surface area contributed by atoms with Crippen molar-refractivity contribution in [2.75, 3.05) is 6.61 Å². The number of ether oxygens (including phenoxy) is 1. The van der Waals surface area contributed by atoms with Crippen molar-refractivity contribution in [1.82, 2.24) is 0 Å². The number of hydrogen-bond acceptors (Lipinski definition) is 4. The van der Waals surface area contributed by atoms with E-state index in [0.717, 1.165) is 17.2 Å². The van der Waals surface area contributed by atoms with Gasteiger partial charge in [0, 0.05) is 0 Å². The summed E-state index contributed by atoms with van der Waals surface area (Å²) in [5.74, 6) is -2.43. The summed E-state index contributed by atoms with van der Waals surface area (Å²) in [6, 6.07) is 5.11. The summed E-state index contributed by atoms with van der Waals surface area (Å²) < 4.78 is 4.51. The summed E-state index contributed by atoms with van der Waals surface area (Å²) in [7, 11) is 0. The molecule has 0 spiro atoms. The van der Waals surface area contributed by atoms with Crippen LogP contribution < -0.4 is 5.11 Å². The van der Waals surface area contributed by atoms with Gasteiger partial charge >= 0.3 is 5.97 Å². The van der Waals surface area contributed by atoms with Crippen molar-refractivity contribution < 1.29 is 19.4 Å². The number of rotatable bonds is 4. The summed E-state index contributed by atoms with van der Waals surface area (Å²) >= 11 is 0. The lowest BCUT2D eigenvalue weighted by Crippen LogP contribution is -2.17. The molecule has 0 aliphatic carbocycles. The van der Waals surface area contributed by atoms with Crippen molar-refractivity contribution in [3.05, 3.63) is 41.0 Å². The van der Waals surface area contributed by atoms with Gasteiger partial charge in [0.15, 0.2) is 0 Å². The maximum absolute atomic E-state index is 11.7. The normalized spacial score (nSPS) is 11.2. The molecule has 0 saturated carbocycles. The van der Waals surface area contributed by atoms with Crippen molar-refractivity contribution in [1.29, 1.82) is 0 Å². The van der Waals surface area contributed by atoms with E-state index >= 15 is 0 Å². The van der Waals surface area contributed by atoms with Crippen molar-refractivity contribution in [3.63, 3.8) is 0 Å². The first-order valence-corrected chi connectivity index (χ1v) is 5.63. The van der Waals surface area contributed by atoms with Crippen LogP contribution in [0, 0.1) is 13.8 Å². The number of carbonyl (C=O) groups excluding carboxylic acids is 2. The van der Waals surface area contributed by atoms with Crippen LogP contribution in [0.4, 0.5) is 0 Å². The molecular weight excluding hydrogens is 232 g/mol. The van der Waals surface area contributed by atoms with Gasteiger partial charge in [-0.05, 0) is 43.5 Å². The van der Waals surface area contributed by atoms with E-state index in [-0.39, 0.29) is 6.61 Å². The zero-order valence-corrected chi connectivity index (χ0v) is 10.6. The lowest BCUT2D eigenvalue weighted by Gasteiger charge is -2.13. The molecule has 0 aromatic heterocycles. The Bertz CT molecular complexity index is 501. The second kappa shape index (κ2) is 6.00. The second-order valence-electron chi connectivity index (χ2n) is 3.89. The van der Waals surface area contributed by atoms with Gasteiger partial charge in [0.05, 0.1) is 6.61 Å². The van der Waals surface area contributed by atoms with E-state index in [1.54, 1.807) is 25.1 Å². The summed E-state index contributed by atoms with van der Waals surface area (Å²) in [6.45, 7) is 5.50. The molecule has 1 rings (SSSR count). The first-order chi connectivity index (χ1) is 8.45. The summed E-state index contributed by atoms with van der Waals surface area (Å²) in [5, 5.41) is 11.7. The number of ketones is 1. The molecule has 1 aromatic carbocycles. The summed E-state index contributed by atoms with van der Waals surface area (Å²) in [5.41, 5.74) is 2.40. The van der Waals surface area contributed by atoms with Crippen molar-refractivity contribution in [3.8, 4) is 0 Å². The van der Waals surface area contributed by atoms with Crippen LogP contribution in [-0.2, 0) is 14.3 Å². The lowest BCUT2D eigenvalue weighted by molar-refractivity contribution is -0.243. The monoisotopic (exact) mass is 247 g/mol. The highest BCUT2D eigenvalue weighted by atomic mass is 16.5. The van der Waals surface area contributed by atoms with E-state index in [1.807, 2.05) is 13.8 Å². The second-order valence-corrected chi connectivity index (χ2v) is 3.89. The van der Waals surface area contributed by atoms with Gasteiger partial charge < -0.3 is 9.84 Å². The molecule has 4 heteroatoms. The molecule has 0 aliphatic heterocycles. The highest BCUT2D eigenvalue weighted by Crippen LogP contribution is 2.14. The number of carbonyl (C=O) groups is 2. The van der Waals surface area contributed by atoms with Crippen LogP contribution in [-0.4, -0.2) is 18.4 Å². The molecule has 96 valence electrons. The largest absolute Gasteiger partial charge is 0.872 e. The SMILES string of the molecule is CCOC(=O)C(=O)/C=C(\[O-])c1ccc(C)c(C)c1. The number of benzene rings is 1. The minimum atomic E-state index is -1.00. The molecule has 0 heterocycles. The van der Waals surface area contributed by atoms with E-state index < -0.39 is 17.5 Å². The first kappa shape index (κ1) is 14.0. The fourth-order valence-electron chi connectivity index (χ4n) is 1.36. The van der Waals surface area contributed by atoms with Crippen molar-refractivity contribution in [2.45, 2.75) is 20.8 Å². The van der Waals surface area contributed by atoms with Crippen molar-refractivity contribution in [2.24, 2.45) is 0 Å². The van der Waals surface area contributed by atoms with Gasteiger partial charge in [0.25, 0.3) is 5.78 Å². The average molecular weight is 247 g/mol. The molecule has 0 unspecified atom stereocenters. The highest BCUT2D eigenvalue weighted by Gasteiger charge is 2.11. The Morgan fingerprint density at radius 1 is 1.28 bits per heavy atom. The molecule has 0 radical (unpaired) electrons. The standard InChI is InChI=1S/C14H16O4/c1-4-18-14(17)13(16)8-12(15)11-6-5-9(2)10(3)7-11/h5-8,15H,4H2,1-3H3/p-1/b12-8-. The van der Waals surface area contributed by atoms with E-state index in [0.29, 0.717) is 5.56 Å². The molecule has 0 amide bonds. The Balaban J connectivity index is 2.92. The highest BCUT2D eigenvalue weighted by molar-refractivity contribution is 6.39. The lowest BCUT2D eigenvalue weighted by atomic mass is 10.0. The Hall–Kier alpha value is -2.10. The minimum Gasteiger partial charge on any atom is -0.872 e. The van der Waals surface area contributed by atoms with Gasteiger partial charge in [-0.25, -0.2) is 4.79 Å². The van der Waals surface area contributed by atoms with Crippen LogP contribution in [0.5, 0.6) is 0 Å². The molecule has 0 N–H and O–H groups in total. The Labute approximate surface area is 106 Å². The van der Waals surface area contributed by atoms with Gasteiger partial charge in [-0.3, -0.25) is 4.79 Å². The smallest absolute Gasteiger partial charge is 0.378 e. The van der Waals surface area contributed by atoms with Gasteiger partial charge in [-0.1, -0.05) is 24.0 Å². The molecule has 4 nitrogen and oxygen atoms in total. The van der Waals surface area contributed by atoms with Crippen LogP contribution in [0.2, 0.25) is 0 Å². The summed E-state index contributed by atoms with van der Waals surface area (Å²) in [6.07, 6.45) is 0.766. The molecular formula is C14H15O4-. The Morgan fingerprint density at radius 3 is 2.50 bits per heavy atom. The van der Waals surface area contributed by atoms with Crippen LogP contribution >= 0.6 is 0 Å². The van der Waals surface area contributed by atoms with Crippen LogP contribution in [0.3, 0.4) is 0 Å². The molecule has 0 fully saturated rings. The Kier molecular flexibility index (Phi) is 4.66. The van der Waals surface area contributed by atoms with Crippen LogP contribution in [0.15, 0.2) is 24.3 Å². The van der Waals surface area contributed by atoms with E-state index in [2.05, 4.69) is 4.74 Å². The van der Waals surface area contributed by atoms with E-state index in [9.17, 15) is 14.7 Å². The summed E-state index contributed by atoms with van der Waals surface area (Å²) in [4.78, 5) is 22.4. The van der Waals surface area contributed by atoms with Crippen LogP contribution in [0.1, 0.15) is 23.6 Å². The molecule has 0 bridgehead atoms. The van der Waals surface area contributed by atoms with E-state index in [4.69, 9.17) is 0 Å². The molecule has 0 atom stereocenters. The predicted octanol–water partition coefficient (Wildman–Crippen LogP) is 1.14. The third kappa shape index (κ3) is 3.45. The topological polar surface area (TPSA) is 66.4 Å². The van der Waals surface area contributed by atoms with Crippen LogP contribution in [0.25, 0.3) is 5.76 Å².